The molecule has 0 spiro atoms. The predicted molar refractivity (Wildman–Crippen MR) is 136 cm³/mol. The lowest BCUT2D eigenvalue weighted by molar-refractivity contribution is -0.697. The van der Waals surface area contributed by atoms with Crippen LogP contribution in [-0.4, -0.2) is 0 Å². The van der Waals surface area contributed by atoms with Gasteiger partial charge in [0, 0.05) is 31.4 Å². The van der Waals surface area contributed by atoms with E-state index in [1.165, 1.54) is 109 Å². The van der Waals surface area contributed by atoms with Crippen LogP contribution in [0.3, 0.4) is 0 Å². The van der Waals surface area contributed by atoms with E-state index in [2.05, 4.69) is 65.8 Å². The molecule has 0 radical (unpaired) electrons. The molecule has 0 atom stereocenters. The van der Waals surface area contributed by atoms with E-state index in [9.17, 15) is 0 Å². The van der Waals surface area contributed by atoms with Gasteiger partial charge < -0.3 is 0 Å². The summed E-state index contributed by atoms with van der Waals surface area (Å²) < 4.78 is 2.28. The van der Waals surface area contributed by atoms with Crippen molar-refractivity contribution in [1.29, 1.82) is 0 Å². The predicted octanol–water partition coefficient (Wildman–Crippen LogP) is 8.41. The summed E-state index contributed by atoms with van der Waals surface area (Å²) in [5.74, 6) is 12.5. The Morgan fingerprint density at radius 1 is 0.484 bits per heavy atom. The van der Waals surface area contributed by atoms with Crippen molar-refractivity contribution in [2.45, 2.75) is 135 Å². The fourth-order valence-corrected chi connectivity index (χ4v) is 3.89. The number of hydrogen-bond donors (Lipinski definition) is 0. The average molecular weight is 423 g/mol. The summed E-state index contributed by atoms with van der Waals surface area (Å²) in [6, 6.07) is 6.29. The van der Waals surface area contributed by atoms with Crippen LogP contribution in [0.2, 0.25) is 0 Å². The Kier molecular flexibility index (Phi) is 20.2. The lowest BCUT2D eigenvalue weighted by atomic mass is 10.1. The van der Waals surface area contributed by atoms with Gasteiger partial charge in [0.1, 0.15) is 6.54 Å². The van der Waals surface area contributed by atoms with E-state index in [1.807, 2.05) is 0 Å². The molecule has 1 rings (SSSR count). The van der Waals surface area contributed by atoms with Gasteiger partial charge in [0.25, 0.3) is 0 Å². The first-order chi connectivity index (χ1) is 15.4. The van der Waals surface area contributed by atoms with Crippen molar-refractivity contribution < 1.29 is 4.57 Å². The van der Waals surface area contributed by atoms with Gasteiger partial charge in [-0.25, -0.2) is 4.57 Å². The maximum Gasteiger partial charge on any atom is 0.168 e. The summed E-state index contributed by atoms with van der Waals surface area (Å²) in [5, 5.41) is 0. The highest BCUT2D eigenvalue weighted by atomic mass is 14.9. The molecule has 1 heterocycles. The van der Waals surface area contributed by atoms with Gasteiger partial charge in [-0.1, -0.05) is 108 Å². The number of aryl methyl sites for hydroxylation is 1. The van der Waals surface area contributed by atoms with E-state index in [4.69, 9.17) is 0 Å². The molecule has 0 bridgehead atoms. The zero-order valence-electron chi connectivity index (χ0n) is 20.5. The van der Waals surface area contributed by atoms with Gasteiger partial charge in [-0.05, 0) is 31.1 Å². The first kappa shape index (κ1) is 27.3. The number of unbranched alkanes of at least 4 members (excludes halogenated alkanes) is 17. The Balaban J connectivity index is 1.77. The first-order valence-electron chi connectivity index (χ1n) is 13.3. The van der Waals surface area contributed by atoms with Gasteiger partial charge in [0.2, 0.25) is 0 Å². The highest BCUT2D eigenvalue weighted by Crippen LogP contribution is 2.10. The standard InChI is InChI=1S/C30H48N/c1-2-3-4-5-6-7-8-9-10-11-12-13-14-15-16-17-18-19-20-21-22-23-25-28-31-29-26-24-27-30-31/h24,26-27,29-30H,2-11,16-23,25,28H2,1H3/q+1. The van der Waals surface area contributed by atoms with Crippen LogP contribution in [0, 0.1) is 23.7 Å². The van der Waals surface area contributed by atoms with Crippen molar-refractivity contribution in [2.75, 3.05) is 0 Å². The second kappa shape index (κ2) is 22.9. The lowest BCUT2D eigenvalue weighted by Gasteiger charge is -2.00. The van der Waals surface area contributed by atoms with Crippen LogP contribution in [-0.2, 0) is 6.54 Å². The number of aromatic nitrogens is 1. The molecule has 1 heteroatoms. The normalized spacial score (nSPS) is 10.2. The highest BCUT2D eigenvalue weighted by Gasteiger charge is 1.97. The molecule has 31 heavy (non-hydrogen) atoms. The van der Waals surface area contributed by atoms with Gasteiger partial charge in [0.15, 0.2) is 12.4 Å². The fourth-order valence-electron chi connectivity index (χ4n) is 3.89. The summed E-state index contributed by atoms with van der Waals surface area (Å²) in [7, 11) is 0. The lowest BCUT2D eigenvalue weighted by Crippen LogP contribution is -2.32. The van der Waals surface area contributed by atoms with Crippen LogP contribution in [0.4, 0.5) is 0 Å². The largest absolute Gasteiger partial charge is 0.205 e. The van der Waals surface area contributed by atoms with E-state index < -0.39 is 0 Å². The topological polar surface area (TPSA) is 3.88 Å². The third-order valence-electron chi connectivity index (χ3n) is 5.89. The van der Waals surface area contributed by atoms with E-state index in [-0.39, 0.29) is 0 Å². The third kappa shape index (κ3) is 20.0. The second-order valence-electron chi connectivity index (χ2n) is 8.87. The zero-order chi connectivity index (χ0) is 22.1. The summed E-state index contributed by atoms with van der Waals surface area (Å²) >= 11 is 0. The number of rotatable bonds is 19. The maximum absolute atomic E-state index is 3.23. The van der Waals surface area contributed by atoms with Gasteiger partial charge >= 0.3 is 0 Å². The SMILES string of the molecule is CCCCCCCCCCCC#CC#CCCCCCCCCCC[n+]1ccccc1. The molecule has 1 nitrogen and oxygen atoms in total. The van der Waals surface area contributed by atoms with Gasteiger partial charge in [-0.2, -0.15) is 0 Å². The molecular weight excluding hydrogens is 374 g/mol. The van der Waals surface area contributed by atoms with Crippen molar-refractivity contribution in [1.82, 2.24) is 0 Å². The molecule has 0 aliphatic rings. The minimum atomic E-state index is 1.01. The molecule has 1 aromatic heterocycles. The summed E-state index contributed by atoms with van der Waals surface area (Å²) in [6.45, 7) is 3.43. The molecule has 0 unspecified atom stereocenters. The molecule has 172 valence electrons. The molecule has 0 aliphatic carbocycles. The molecule has 1 aromatic rings. The van der Waals surface area contributed by atoms with Gasteiger partial charge in [0.05, 0.1) is 0 Å². The van der Waals surface area contributed by atoms with Crippen molar-refractivity contribution >= 4 is 0 Å². The Bertz CT molecular complexity index is 611. The quantitative estimate of drug-likeness (QED) is 0.120. The van der Waals surface area contributed by atoms with Crippen LogP contribution in [0.15, 0.2) is 30.6 Å². The smallest absolute Gasteiger partial charge is 0.168 e. The van der Waals surface area contributed by atoms with Crippen LogP contribution in [0.1, 0.15) is 129 Å². The number of hydrogen-bond acceptors (Lipinski definition) is 0. The fraction of sp³-hybridized carbons (Fsp3) is 0.700. The number of pyridine rings is 1. The molecule has 0 fully saturated rings. The van der Waals surface area contributed by atoms with Crippen LogP contribution >= 0.6 is 0 Å². The molecule has 0 aliphatic heterocycles. The zero-order valence-corrected chi connectivity index (χ0v) is 20.5. The monoisotopic (exact) mass is 422 g/mol. The average Bonchev–Trinajstić information content (AvgIpc) is 2.80. The number of nitrogens with zero attached hydrogens (tertiary/aromatic N) is 1. The minimum Gasteiger partial charge on any atom is -0.205 e. The van der Waals surface area contributed by atoms with Crippen molar-refractivity contribution in [3.63, 3.8) is 0 Å². The summed E-state index contributed by atoms with van der Waals surface area (Å²) in [4.78, 5) is 0. The Morgan fingerprint density at radius 2 is 0.903 bits per heavy atom. The molecule has 0 N–H and O–H groups in total. The Hall–Kier alpha value is -1.73. The molecule has 0 saturated heterocycles. The van der Waals surface area contributed by atoms with E-state index in [1.54, 1.807) is 0 Å². The minimum absolute atomic E-state index is 1.01. The molecular formula is C30H48N+. The van der Waals surface area contributed by atoms with Gasteiger partial charge in [-0.15, -0.1) is 0 Å². The van der Waals surface area contributed by atoms with Crippen LogP contribution < -0.4 is 4.57 Å². The molecule has 0 saturated carbocycles. The first-order valence-corrected chi connectivity index (χ1v) is 13.3. The molecule has 0 amide bonds. The van der Waals surface area contributed by atoms with Crippen molar-refractivity contribution in [3.8, 4) is 23.7 Å². The second-order valence-corrected chi connectivity index (χ2v) is 8.87. The summed E-state index contributed by atoms with van der Waals surface area (Å²) in [5.41, 5.74) is 0. The third-order valence-corrected chi connectivity index (χ3v) is 5.89. The van der Waals surface area contributed by atoms with E-state index >= 15 is 0 Å². The summed E-state index contributed by atoms with van der Waals surface area (Å²) in [6.07, 6.45) is 29.5. The van der Waals surface area contributed by atoms with Gasteiger partial charge in [-0.3, -0.25) is 0 Å². The van der Waals surface area contributed by atoms with E-state index in [0.29, 0.717) is 0 Å². The highest BCUT2D eigenvalue weighted by molar-refractivity contribution is 5.25. The maximum atomic E-state index is 3.23. The Labute approximate surface area is 194 Å². The van der Waals surface area contributed by atoms with E-state index in [0.717, 1.165) is 19.4 Å². The Morgan fingerprint density at radius 3 is 1.39 bits per heavy atom. The van der Waals surface area contributed by atoms with Crippen molar-refractivity contribution in [2.24, 2.45) is 0 Å². The van der Waals surface area contributed by atoms with Crippen molar-refractivity contribution in [3.05, 3.63) is 30.6 Å². The van der Waals surface area contributed by atoms with Crippen LogP contribution in [0.25, 0.3) is 0 Å². The van der Waals surface area contributed by atoms with Crippen LogP contribution in [0.5, 0.6) is 0 Å². The molecule has 0 aromatic carbocycles.